The van der Waals surface area contributed by atoms with E-state index in [9.17, 15) is 9.59 Å². The average molecular weight is 213 g/mol. The second kappa shape index (κ2) is 5.70. The van der Waals surface area contributed by atoms with Crippen molar-refractivity contribution in [2.75, 3.05) is 6.54 Å². The van der Waals surface area contributed by atoms with Gasteiger partial charge in [-0.05, 0) is 18.8 Å². The second-order valence-electron chi connectivity index (χ2n) is 4.16. The van der Waals surface area contributed by atoms with E-state index in [-0.39, 0.29) is 12.5 Å². The summed E-state index contributed by atoms with van der Waals surface area (Å²) < 4.78 is 0. The molecule has 0 heterocycles. The van der Waals surface area contributed by atoms with E-state index in [4.69, 9.17) is 5.73 Å². The summed E-state index contributed by atoms with van der Waals surface area (Å²) in [5.74, 6) is 0.236. The third-order valence-electron chi connectivity index (χ3n) is 2.90. The normalized spacial score (nSPS) is 25.9. The lowest BCUT2D eigenvalue weighted by Crippen LogP contribution is -2.45. The number of imide groups is 1. The smallest absolute Gasteiger partial charge is 0.318 e. The minimum atomic E-state index is -0.793. The van der Waals surface area contributed by atoms with Gasteiger partial charge in [0, 0.05) is 6.04 Å². The molecule has 1 aliphatic rings. The summed E-state index contributed by atoms with van der Waals surface area (Å²) in [5, 5.41) is 5.19. The summed E-state index contributed by atoms with van der Waals surface area (Å²) in [4.78, 5) is 21.5. The molecule has 0 aromatic carbocycles. The van der Waals surface area contributed by atoms with E-state index in [2.05, 4.69) is 12.2 Å². The molecule has 0 spiro atoms. The van der Waals surface area contributed by atoms with E-state index in [1.54, 1.807) is 0 Å². The third-order valence-corrected chi connectivity index (χ3v) is 2.90. The van der Waals surface area contributed by atoms with Gasteiger partial charge in [0.15, 0.2) is 0 Å². The van der Waals surface area contributed by atoms with Crippen molar-refractivity contribution in [3.05, 3.63) is 0 Å². The highest BCUT2D eigenvalue weighted by atomic mass is 16.2. The molecule has 5 nitrogen and oxygen atoms in total. The first-order valence-electron chi connectivity index (χ1n) is 5.42. The van der Waals surface area contributed by atoms with Crippen molar-refractivity contribution in [1.29, 1.82) is 0 Å². The van der Waals surface area contributed by atoms with Crippen LogP contribution in [0.5, 0.6) is 0 Å². The van der Waals surface area contributed by atoms with Crippen molar-refractivity contribution >= 4 is 11.9 Å². The Labute approximate surface area is 89.8 Å². The standard InChI is InChI=1S/C10H19N3O2/c1-7-4-2-3-5-8(7)12-6-9(14)13-10(11)15/h7-8,12H,2-6H2,1H3,(H3,11,13,14,15). The van der Waals surface area contributed by atoms with Gasteiger partial charge in [0.2, 0.25) is 5.91 Å². The first-order valence-corrected chi connectivity index (χ1v) is 5.42. The van der Waals surface area contributed by atoms with E-state index < -0.39 is 6.03 Å². The molecule has 0 aromatic heterocycles. The van der Waals surface area contributed by atoms with Crippen LogP contribution in [0.25, 0.3) is 0 Å². The fourth-order valence-corrected chi connectivity index (χ4v) is 2.02. The Kier molecular flexibility index (Phi) is 4.55. The number of nitrogens with two attached hydrogens (primary N) is 1. The zero-order valence-corrected chi connectivity index (χ0v) is 9.08. The first kappa shape index (κ1) is 12.0. The lowest BCUT2D eigenvalue weighted by molar-refractivity contribution is -0.119. The average Bonchev–Trinajstić information content (AvgIpc) is 2.15. The first-order chi connectivity index (χ1) is 7.09. The number of amides is 3. The van der Waals surface area contributed by atoms with Crippen LogP contribution in [0, 0.1) is 5.92 Å². The van der Waals surface area contributed by atoms with E-state index >= 15 is 0 Å². The number of urea groups is 1. The van der Waals surface area contributed by atoms with Crippen molar-refractivity contribution in [3.8, 4) is 0 Å². The van der Waals surface area contributed by atoms with Gasteiger partial charge in [-0.15, -0.1) is 0 Å². The Morgan fingerprint density at radius 1 is 1.33 bits per heavy atom. The molecule has 86 valence electrons. The highest BCUT2D eigenvalue weighted by molar-refractivity contribution is 5.94. The molecule has 0 saturated heterocycles. The molecule has 1 saturated carbocycles. The quantitative estimate of drug-likeness (QED) is 0.632. The zero-order chi connectivity index (χ0) is 11.3. The fourth-order valence-electron chi connectivity index (χ4n) is 2.02. The predicted molar refractivity (Wildman–Crippen MR) is 57.1 cm³/mol. The van der Waals surface area contributed by atoms with Crippen LogP contribution in [0.2, 0.25) is 0 Å². The molecule has 0 aliphatic heterocycles. The van der Waals surface area contributed by atoms with Gasteiger partial charge in [0.25, 0.3) is 0 Å². The lowest BCUT2D eigenvalue weighted by atomic mass is 9.86. The number of carbonyl (C=O) groups excluding carboxylic acids is 2. The van der Waals surface area contributed by atoms with Crippen molar-refractivity contribution in [1.82, 2.24) is 10.6 Å². The summed E-state index contributed by atoms with van der Waals surface area (Å²) in [7, 11) is 0. The predicted octanol–water partition coefficient (Wildman–Crippen LogP) is 0.350. The molecule has 1 rings (SSSR count). The van der Waals surface area contributed by atoms with Gasteiger partial charge >= 0.3 is 6.03 Å². The SMILES string of the molecule is CC1CCCCC1NCC(=O)NC(N)=O. The topological polar surface area (TPSA) is 84.2 Å². The van der Waals surface area contributed by atoms with Crippen LogP contribution >= 0.6 is 0 Å². The maximum Gasteiger partial charge on any atom is 0.318 e. The number of hydrogen-bond acceptors (Lipinski definition) is 3. The molecule has 3 amide bonds. The summed E-state index contributed by atoms with van der Waals surface area (Å²) in [6.45, 7) is 2.35. The highest BCUT2D eigenvalue weighted by Gasteiger charge is 2.21. The Hall–Kier alpha value is -1.10. The van der Waals surface area contributed by atoms with Gasteiger partial charge in [-0.2, -0.15) is 0 Å². The molecule has 2 atom stereocenters. The molecular weight excluding hydrogens is 194 g/mol. The second-order valence-corrected chi connectivity index (χ2v) is 4.16. The van der Waals surface area contributed by atoms with E-state index in [0.29, 0.717) is 12.0 Å². The maximum atomic E-state index is 11.1. The number of primary amides is 1. The van der Waals surface area contributed by atoms with E-state index in [1.807, 2.05) is 5.32 Å². The fraction of sp³-hybridized carbons (Fsp3) is 0.800. The molecule has 5 heteroatoms. The van der Waals surface area contributed by atoms with E-state index in [1.165, 1.54) is 19.3 Å². The molecule has 0 bridgehead atoms. The largest absolute Gasteiger partial charge is 0.351 e. The van der Waals surface area contributed by atoms with E-state index in [0.717, 1.165) is 6.42 Å². The van der Waals surface area contributed by atoms with Gasteiger partial charge in [0.05, 0.1) is 6.54 Å². The van der Waals surface area contributed by atoms with Gasteiger partial charge in [-0.1, -0.05) is 19.8 Å². The molecule has 15 heavy (non-hydrogen) atoms. The molecule has 0 radical (unpaired) electrons. The van der Waals surface area contributed by atoms with Gasteiger partial charge in [-0.3, -0.25) is 10.1 Å². The number of carbonyl (C=O) groups is 2. The lowest BCUT2D eigenvalue weighted by Gasteiger charge is -2.29. The minimum absolute atomic E-state index is 0.165. The molecule has 1 fully saturated rings. The molecule has 2 unspecified atom stereocenters. The highest BCUT2D eigenvalue weighted by Crippen LogP contribution is 2.23. The number of nitrogens with one attached hydrogen (secondary N) is 2. The Morgan fingerprint density at radius 3 is 2.60 bits per heavy atom. The summed E-state index contributed by atoms with van der Waals surface area (Å²) in [5.41, 5.74) is 4.83. The summed E-state index contributed by atoms with van der Waals surface area (Å²) in [6, 6.07) is -0.407. The van der Waals surface area contributed by atoms with Crippen LogP contribution in [0.1, 0.15) is 32.6 Å². The van der Waals surface area contributed by atoms with Crippen LogP contribution in [0.3, 0.4) is 0 Å². The van der Waals surface area contributed by atoms with Crippen LogP contribution < -0.4 is 16.4 Å². The summed E-state index contributed by atoms with van der Waals surface area (Å²) >= 11 is 0. The molecule has 1 aliphatic carbocycles. The van der Waals surface area contributed by atoms with Crippen LogP contribution in [-0.4, -0.2) is 24.5 Å². The van der Waals surface area contributed by atoms with Gasteiger partial charge in [-0.25, -0.2) is 4.79 Å². The van der Waals surface area contributed by atoms with Crippen LogP contribution in [-0.2, 0) is 4.79 Å². The molecule has 0 aromatic rings. The van der Waals surface area contributed by atoms with Crippen molar-refractivity contribution in [2.24, 2.45) is 11.7 Å². The van der Waals surface area contributed by atoms with Crippen molar-refractivity contribution in [2.45, 2.75) is 38.6 Å². The Bertz CT molecular complexity index is 243. The van der Waals surface area contributed by atoms with Gasteiger partial charge < -0.3 is 11.1 Å². The van der Waals surface area contributed by atoms with Gasteiger partial charge in [0.1, 0.15) is 0 Å². The molecular formula is C10H19N3O2. The third kappa shape index (κ3) is 4.29. The number of hydrogen-bond donors (Lipinski definition) is 3. The van der Waals surface area contributed by atoms with Crippen LogP contribution in [0.4, 0.5) is 4.79 Å². The maximum absolute atomic E-state index is 11.1. The van der Waals surface area contributed by atoms with Crippen molar-refractivity contribution < 1.29 is 9.59 Å². The van der Waals surface area contributed by atoms with Crippen molar-refractivity contribution in [3.63, 3.8) is 0 Å². The Balaban J connectivity index is 2.23. The Morgan fingerprint density at radius 2 is 2.00 bits per heavy atom. The summed E-state index contributed by atoms with van der Waals surface area (Å²) in [6.07, 6.45) is 4.78. The minimum Gasteiger partial charge on any atom is -0.351 e. The number of rotatable bonds is 3. The molecule has 4 N–H and O–H groups in total. The van der Waals surface area contributed by atoms with Crippen LogP contribution in [0.15, 0.2) is 0 Å². The monoisotopic (exact) mass is 213 g/mol. The zero-order valence-electron chi connectivity index (χ0n) is 9.08.